The van der Waals surface area contributed by atoms with E-state index >= 15 is 0 Å². The number of rotatable bonds is 4. The first-order valence-electron chi connectivity index (χ1n) is 11.1. The van der Waals surface area contributed by atoms with Crippen LogP contribution in [0, 0.1) is 0 Å². The molecular formula is C24H27N7O. The Morgan fingerprint density at radius 2 is 1.56 bits per heavy atom. The van der Waals surface area contributed by atoms with Gasteiger partial charge in [0.2, 0.25) is 5.95 Å². The minimum atomic E-state index is 0.0384. The SMILES string of the molecule is O=C(c1cccnc1N1CCN[C@@H](c2ccccc2)C1)N1CCN(c2ncccn2)CC1. The highest BCUT2D eigenvalue weighted by atomic mass is 16.2. The molecule has 1 atom stereocenters. The van der Waals surface area contributed by atoms with Gasteiger partial charge in [-0.15, -0.1) is 0 Å². The monoisotopic (exact) mass is 429 g/mol. The van der Waals surface area contributed by atoms with E-state index in [1.165, 1.54) is 5.56 Å². The lowest BCUT2D eigenvalue weighted by Gasteiger charge is -2.37. The van der Waals surface area contributed by atoms with Gasteiger partial charge in [-0.2, -0.15) is 0 Å². The highest BCUT2D eigenvalue weighted by Gasteiger charge is 2.29. The third kappa shape index (κ3) is 4.27. The Labute approximate surface area is 187 Å². The van der Waals surface area contributed by atoms with Crippen LogP contribution in [0.25, 0.3) is 0 Å². The van der Waals surface area contributed by atoms with Gasteiger partial charge in [-0.05, 0) is 23.8 Å². The summed E-state index contributed by atoms with van der Waals surface area (Å²) in [5, 5.41) is 3.59. The van der Waals surface area contributed by atoms with Crippen molar-refractivity contribution in [3.8, 4) is 0 Å². The topological polar surface area (TPSA) is 77.5 Å². The highest BCUT2D eigenvalue weighted by Crippen LogP contribution is 2.25. The second kappa shape index (κ2) is 9.32. The van der Waals surface area contributed by atoms with Crippen LogP contribution in [-0.4, -0.2) is 71.6 Å². The van der Waals surface area contributed by atoms with Crippen LogP contribution in [0.1, 0.15) is 22.0 Å². The van der Waals surface area contributed by atoms with E-state index in [9.17, 15) is 4.79 Å². The van der Waals surface area contributed by atoms with Crippen molar-refractivity contribution >= 4 is 17.7 Å². The van der Waals surface area contributed by atoms with E-state index in [-0.39, 0.29) is 11.9 Å². The van der Waals surface area contributed by atoms with Gasteiger partial charge in [0, 0.05) is 70.4 Å². The number of nitrogens with zero attached hydrogens (tertiary/aromatic N) is 6. The quantitative estimate of drug-likeness (QED) is 0.680. The van der Waals surface area contributed by atoms with E-state index in [0.29, 0.717) is 18.7 Å². The molecule has 4 heterocycles. The molecule has 0 unspecified atom stereocenters. The molecule has 3 aromatic rings. The lowest BCUT2D eigenvalue weighted by Crippen LogP contribution is -2.50. The van der Waals surface area contributed by atoms with E-state index in [0.717, 1.165) is 44.5 Å². The first-order valence-corrected chi connectivity index (χ1v) is 11.1. The number of pyridine rings is 1. The summed E-state index contributed by atoms with van der Waals surface area (Å²) >= 11 is 0. The standard InChI is InChI=1S/C24H27N7O/c32-23(29-14-16-30(17-15-29)24-27-10-5-11-28-24)20-8-4-9-26-22(20)31-13-12-25-21(18-31)19-6-2-1-3-7-19/h1-11,21,25H,12-18H2/t21-/m1/s1. The predicted octanol–water partition coefficient (Wildman–Crippen LogP) is 1.98. The van der Waals surface area contributed by atoms with Gasteiger partial charge in [0.15, 0.2) is 0 Å². The van der Waals surface area contributed by atoms with Crippen LogP contribution < -0.4 is 15.1 Å². The smallest absolute Gasteiger partial charge is 0.257 e. The van der Waals surface area contributed by atoms with Crippen molar-refractivity contribution in [3.05, 3.63) is 78.2 Å². The molecule has 8 heteroatoms. The number of hydrogen-bond donors (Lipinski definition) is 1. The number of benzene rings is 1. The number of amides is 1. The van der Waals surface area contributed by atoms with Gasteiger partial charge in [-0.1, -0.05) is 30.3 Å². The lowest BCUT2D eigenvalue weighted by molar-refractivity contribution is 0.0746. The van der Waals surface area contributed by atoms with Gasteiger partial charge in [-0.25, -0.2) is 15.0 Å². The van der Waals surface area contributed by atoms with Crippen molar-refractivity contribution in [2.45, 2.75) is 6.04 Å². The zero-order chi connectivity index (χ0) is 21.8. The molecule has 5 rings (SSSR count). The summed E-state index contributed by atoms with van der Waals surface area (Å²) in [6, 6.07) is 16.2. The van der Waals surface area contributed by atoms with E-state index in [1.807, 2.05) is 29.2 Å². The number of piperazine rings is 2. The zero-order valence-corrected chi connectivity index (χ0v) is 18.0. The Kier molecular flexibility index (Phi) is 5.93. The van der Waals surface area contributed by atoms with Crippen LogP contribution >= 0.6 is 0 Å². The first kappa shape index (κ1) is 20.4. The molecule has 0 bridgehead atoms. The number of carbonyl (C=O) groups is 1. The molecule has 1 aromatic carbocycles. The fraction of sp³-hybridized carbons (Fsp3) is 0.333. The molecule has 0 aliphatic carbocycles. The third-order valence-electron chi connectivity index (χ3n) is 6.10. The Morgan fingerprint density at radius 3 is 2.34 bits per heavy atom. The molecule has 1 N–H and O–H groups in total. The van der Waals surface area contributed by atoms with Gasteiger partial charge in [-0.3, -0.25) is 4.79 Å². The van der Waals surface area contributed by atoms with Crippen LogP contribution in [0.3, 0.4) is 0 Å². The minimum absolute atomic E-state index is 0.0384. The summed E-state index contributed by atoms with van der Waals surface area (Å²) in [4.78, 5) is 33.0. The first-order chi connectivity index (χ1) is 15.8. The fourth-order valence-electron chi connectivity index (χ4n) is 4.40. The van der Waals surface area contributed by atoms with Crippen molar-refractivity contribution in [2.75, 3.05) is 55.6 Å². The second-order valence-corrected chi connectivity index (χ2v) is 8.07. The molecule has 0 radical (unpaired) electrons. The maximum Gasteiger partial charge on any atom is 0.257 e. The number of hydrogen-bond acceptors (Lipinski definition) is 7. The summed E-state index contributed by atoms with van der Waals surface area (Å²) in [5.41, 5.74) is 1.92. The van der Waals surface area contributed by atoms with Gasteiger partial charge in [0.25, 0.3) is 5.91 Å². The highest BCUT2D eigenvalue weighted by molar-refractivity contribution is 5.99. The van der Waals surface area contributed by atoms with Crippen LogP contribution in [0.2, 0.25) is 0 Å². The van der Waals surface area contributed by atoms with Crippen LogP contribution in [0.5, 0.6) is 0 Å². The average Bonchev–Trinajstić information content (AvgIpc) is 2.89. The summed E-state index contributed by atoms with van der Waals surface area (Å²) in [7, 11) is 0. The molecule has 1 amide bonds. The maximum atomic E-state index is 13.5. The Balaban J connectivity index is 1.30. The lowest BCUT2D eigenvalue weighted by atomic mass is 10.0. The van der Waals surface area contributed by atoms with Crippen LogP contribution in [-0.2, 0) is 0 Å². The average molecular weight is 430 g/mol. The molecule has 2 fully saturated rings. The molecule has 2 aliphatic heterocycles. The summed E-state index contributed by atoms with van der Waals surface area (Å²) < 4.78 is 0. The predicted molar refractivity (Wildman–Crippen MR) is 124 cm³/mol. The molecule has 2 saturated heterocycles. The molecule has 2 aliphatic rings. The van der Waals surface area contributed by atoms with E-state index < -0.39 is 0 Å². The van der Waals surface area contributed by atoms with Gasteiger partial charge in [0.1, 0.15) is 5.82 Å². The molecule has 0 spiro atoms. The van der Waals surface area contributed by atoms with Crippen molar-refractivity contribution in [1.29, 1.82) is 0 Å². The van der Waals surface area contributed by atoms with E-state index in [1.54, 1.807) is 18.6 Å². The largest absolute Gasteiger partial charge is 0.353 e. The second-order valence-electron chi connectivity index (χ2n) is 8.07. The molecular weight excluding hydrogens is 402 g/mol. The summed E-state index contributed by atoms with van der Waals surface area (Å²) in [6.45, 7) is 5.16. The molecule has 164 valence electrons. The summed E-state index contributed by atoms with van der Waals surface area (Å²) in [6.07, 6.45) is 5.27. The van der Waals surface area contributed by atoms with Crippen molar-refractivity contribution < 1.29 is 4.79 Å². The molecule has 0 saturated carbocycles. The van der Waals surface area contributed by atoms with Gasteiger partial charge in [0.05, 0.1) is 5.56 Å². The Bertz CT molecular complexity index is 1040. The summed E-state index contributed by atoms with van der Waals surface area (Å²) in [5.74, 6) is 1.53. The van der Waals surface area contributed by atoms with Crippen LogP contribution in [0.4, 0.5) is 11.8 Å². The normalized spacial score (nSPS) is 19.1. The minimum Gasteiger partial charge on any atom is -0.353 e. The number of aromatic nitrogens is 3. The van der Waals surface area contributed by atoms with Crippen LogP contribution in [0.15, 0.2) is 67.1 Å². The number of anilines is 2. The molecule has 8 nitrogen and oxygen atoms in total. The molecule has 2 aromatic heterocycles. The van der Waals surface area contributed by atoms with Crippen molar-refractivity contribution in [1.82, 2.24) is 25.2 Å². The molecule has 32 heavy (non-hydrogen) atoms. The fourth-order valence-corrected chi connectivity index (χ4v) is 4.40. The van der Waals surface area contributed by atoms with Gasteiger partial charge >= 0.3 is 0 Å². The van der Waals surface area contributed by atoms with E-state index in [2.05, 4.69) is 54.3 Å². The zero-order valence-electron chi connectivity index (χ0n) is 18.0. The Hall–Kier alpha value is -3.52. The number of nitrogens with one attached hydrogen (secondary N) is 1. The van der Waals surface area contributed by atoms with Crippen molar-refractivity contribution in [2.24, 2.45) is 0 Å². The van der Waals surface area contributed by atoms with E-state index in [4.69, 9.17) is 0 Å². The maximum absolute atomic E-state index is 13.5. The van der Waals surface area contributed by atoms with Crippen molar-refractivity contribution in [3.63, 3.8) is 0 Å². The van der Waals surface area contributed by atoms with Gasteiger partial charge < -0.3 is 20.0 Å². The third-order valence-corrected chi connectivity index (χ3v) is 6.10. The number of carbonyl (C=O) groups excluding carboxylic acids is 1. The Morgan fingerprint density at radius 1 is 0.812 bits per heavy atom.